The number of hydrogen-bond acceptors (Lipinski definition) is 2. The van der Waals surface area contributed by atoms with Crippen LogP contribution < -0.4 is 5.32 Å². The van der Waals surface area contributed by atoms with Gasteiger partial charge >= 0.3 is 0 Å². The first-order chi connectivity index (χ1) is 9.10. The average molecular weight is 268 g/mol. The van der Waals surface area contributed by atoms with Gasteiger partial charge < -0.3 is 5.32 Å². The van der Waals surface area contributed by atoms with E-state index in [4.69, 9.17) is 0 Å². The van der Waals surface area contributed by atoms with Crippen LogP contribution in [0.5, 0.6) is 0 Å². The molecule has 2 heteroatoms. The molecule has 0 bridgehead atoms. The lowest BCUT2D eigenvalue weighted by atomic mass is 9.89. The van der Waals surface area contributed by atoms with Crippen molar-refractivity contribution in [1.82, 2.24) is 10.2 Å². The van der Waals surface area contributed by atoms with Crippen molar-refractivity contribution in [2.45, 2.75) is 78.8 Å². The quantitative estimate of drug-likeness (QED) is 0.753. The van der Waals surface area contributed by atoms with Crippen LogP contribution in [0.1, 0.15) is 66.7 Å². The van der Waals surface area contributed by atoms with Gasteiger partial charge in [-0.05, 0) is 70.5 Å². The highest BCUT2D eigenvalue weighted by molar-refractivity contribution is 4.83. The molecule has 114 valence electrons. The number of hydrogen-bond donors (Lipinski definition) is 1. The van der Waals surface area contributed by atoms with Gasteiger partial charge in [0, 0.05) is 12.1 Å². The molecule has 0 aromatic carbocycles. The normalized spacial score (nSPS) is 25.3. The SMILES string of the molecule is CCCNC(CC)C(C)N1CCCC(C(C)C)CC1. The Bertz CT molecular complexity index is 227. The minimum atomic E-state index is 0.663. The van der Waals surface area contributed by atoms with E-state index < -0.39 is 0 Å². The van der Waals surface area contributed by atoms with Crippen LogP contribution in [0.25, 0.3) is 0 Å². The molecule has 1 rings (SSSR count). The molecule has 3 unspecified atom stereocenters. The minimum Gasteiger partial charge on any atom is -0.312 e. The molecule has 1 N–H and O–H groups in total. The minimum absolute atomic E-state index is 0.663. The van der Waals surface area contributed by atoms with Gasteiger partial charge in [0.25, 0.3) is 0 Å². The molecule has 1 aliphatic rings. The maximum absolute atomic E-state index is 3.73. The van der Waals surface area contributed by atoms with Crippen molar-refractivity contribution in [3.63, 3.8) is 0 Å². The first-order valence-electron chi connectivity index (χ1n) is 8.57. The van der Waals surface area contributed by atoms with Gasteiger partial charge in [-0.1, -0.05) is 27.7 Å². The Hall–Kier alpha value is -0.0800. The molecule has 1 saturated heterocycles. The highest BCUT2D eigenvalue weighted by Crippen LogP contribution is 2.26. The number of likely N-dealkylation sites (tertiary alicyclic amines) is 1. The van der Waals surface area contributed by atoms with E-state index in [1.165, 1.54) is 45.2 Å². The second-order valence-corrected chi connectivity index (χ2v) is 6.68. The molecule has 0 aromatic heterocycles. The molecule has 1 fully saturated rings. The van der Waals surface area contributed by atoms with E-state index in [1.807, 2.05) is 0 Å². The van der Waals surface area contributed by atoms with E-state index >= 15 is 0 Å². The summed E-state index contributed by atoms with van der Waals surface area (Å²) in [5, 5.41) is 3.73. The van der Waals surface area contributed by atoms with E-state index in [0.29, 0.717) is 12.1 Å². The maximum atomic E-state index is 3.73. The number of nitrogens with zero attached hydrogens (tertiary/aromatic N) is 1. The van der Waals surface area contributed by atoms with Crippen molar-refractivity contribution < 1.29 is 0 Å². The molecule has 0 aromatic rings. The predicted molar refractivity (Wildman–Crippen MR) is 85.6 cm³/mol. The van der Waals surface area contributed by atoms with Gasteiger partial charge in [-0.15, -0.1) is 0 Å². The van der Waals surface area contributed by atoms with E-state index in [9.17, 15) is 0 Å². The van der Waals surface area contributed by atoms with E-state index in [1.54, 1.807) is 0 Å². The monoisotopic (exact) mass is 268 g/mol. The summed E-state index contributed by atoms with van der Waals surface area (Å²) >= 11 is 0. The van der Waals surface area contributed by atoms with E-state index in [2.05, 4.69) is 44.8 Å². The second kappa shape index (κ2) is 8.97. The van der Waals surface area contributed by atoms with Gasteiger partial charge in [-0.2, -0.15) is 0 Å². The Morgan fingerprint density at radius 3 is 2.42 bits per heavy atom. The third-order valence-corrected chi connectivity index (χ3v) is 5.00. The summed E-state index contributed by atoms with van der Waals surface area (Å²) in [6, 6.07) is 1.35. The zero-order valence-corrected chi connectivity index (χ0v) is 13.9. The van der Waals surface area contributed by atoms with Gasteiger partial charge in [0.15, 0.2) is 0 Å². The van der Waals surface area contributed by atoms with Crippen LogP contribution >= 0.6 is 0 Å². The van der Waals surface area contributed by atoms with Crippen LogP contribution in [0, 0.1) is 11.8 Å². The molecule has 0 saturated carbocycles. The van der Waals surface area contributed by atoms with Crippen LogP contribution in [-0.4, -0.2) is 36.6 Å². The van der Waals surface area contributed by atoms with Crippen molar-refractivity contribution in [3.8, 4) is 0 Å². The van der Waals surface area contributed by atoms with Crippen LogP contribution in [0.3, 0.4) is 0 Å². The lowest BCUT2D eigenvalue weighted by Gasteiger charge is -2.34. The largest absolute Gasteiger partial charge is 0.312 e. The van der Waals surface area contributed by atoms with Crippen LogP contribution in [0.4, 0.5) is 0 Å². The third-order valence-electron chi connectivity index (χ3n) is 5.00. The molecule has 1 heterocycles. The van der Waals surface area contributed by atoms with E-state index in [-0.39, 0.29) is 0 Å². The van der Waals surface area contributed by atoms with Crippen molar-refractivity contribution in [2.75, 3.05) is 19.6 Å². The smallest absolute Gasteiger partial charge is 0.0220 e. The standard InChI is InChI=1S/C17H36N2/c1-6-11-18-17(7-2)15(5)19-12-8-9-16(10-13-19)14(3)4/h14-18H,6-13H2,1-5H3. The van der Waals surface area contributed by atoms with Crippen LogP contribution in [0.15, 0.2) is 0 Å². The van der Waals surface area contributed by atoms with Gasteiger partial charge in [0.2, 0.25) is 0 Å². The molecule has 19 heavy (non-hydrogen) atoms. The summed E-state index contributed by atoms with van der Waals surface area (Å²) in [5.41, 5.74) is 0. The number of rotatable bonds is 7. The van der Waals surface area contributed by atoms with Gasteiger partial charge in [-0.3, -0.25) is 4.90 Å². The Kier molecular flexibility index (Phi) is 8.01. The Balaban J connectivity index is 2.48. The van der Waals surface area contributed by atoms with Crippen LogP contribution in [-0.2, 0) is 0 Å². The summed E-state index contributed by atoms with van der Waals surface area (Å²) < 4.78 is 0. The summed E-state index contributed by atoms with van der Waals surface area (Å²) in [6.45, 7) is 15.5. The fraction of sp³-hybridized carbons (Fsp3) is 1.00. The van der Waals surface area contributed by atoms with Crippen molar-refractivity contribution in [2.24, 2.45) is 11.8 Å². The molecular weight excluding hydrogens is 232 g/mol. The van der Waals surface area contributed by atoms with Gasteiger partial charge in [0.1, 0.15) is 0 Å². The highest BCUT2D eigenvalue weighted by atomic mass is 15.2. The zero-order chi connectivity index (χ0) is 14.3. The third kappa shape index (κ3) is 5.43. The first-order valence-corrected chi connectivity index (χ1v) is 8.57. The van der Waals surface area contributed by atoms with Gasteiger partial charge in [0.05, 0.1) is 0 Å². The lowest BCUT2D eigenvalue weighted by molar-refractivity contribution is 0.168. The zero-order valence-electron chi connectivity index (χ0n) is 13.9. The van der Waals surface area contributed by atoms with Gasteiger partial charge in [-0.25, -0.2) is 0 Å². The topological polar surface area (TPSA) is 15.3 Å². The van der Waals surface area contributed by atoms with E-state index in [0.717, 1.165) is 18.4 Å². The fourth-order valence-electron chi connectivity index (χ4n) is 3.46. The Morgan fingerprint density at radius 2 is 1.84 bits per heavy atom. The molecule has 3 atom stereocenters. The van der Waals surface area contributed by atoms with Crippen molar-refractivity contribution >= 4 is 0 Å². The predicted octanol–water partition coefficient (Wildman–Crippen LogP) is 3.91. The highest BCUT2D eigenvalue weighted by Gasteiger charge is 2.25. The number of nitrogens with one attached hydrogen (secondary N) is 1. The summed E-state index contributed by atoms with van der Waals surface area (Å²) in [5.74, 6) is 1.80. The second-order valence-electron chi connectivity index (χ2n) is 6.68. The summed E-state index contributed by atoms with van der Waals surface area (Å²) in [4.78, 5) is 2.74. The fourth-order valence-corrected chi connectivity index (χ4v) is 3.46. The first kappa shape index (κ1) is 17.0. The molecular formula is C17H36N2. The lowest BCUT2D eigenvalue weighted by Crippen LogP contribution is -2.48. The average Bonchev–Trinajstić information content (AvgIpc) is 2.65. The van der Waals surface area contributed by atoms with Crippen molar-refractivity contribution in [3.05, 3.63) is 0 Å². The molecule has 0 amide bonds. The summed E-state index contributed by atoms with van der Waals surface area (Å²) in [7, 11) is 0. The maximum Gasteiger partial charge on any atom is 0.0220 e. The summed E-state index contributed by atoms with van der Waals surface area (Å²) in [6.07, 6.45) is 6.69. The Morgan fingerprint density at radius 1 is 1.11 bits per heavy atom. The van der Waals surface area contributed by atoms with Crippen molar-refractivity contribution in [1.29, 1.82) is 0 Å². The molecule has 0 radical (unpaired) electrons. The molecule has 2 nitrogen and oxygen atoms in total. The van der Waals surface area contributed by atoms with Crippen LogP contribution in [0.2, 0.25) is 0 Å². The molecule has 0 aliphatic carbocycles. The Labute approximate surface area is 121 Å². The molecule has 1 aliphatic heterocycles. The molecule has 0 spiro atoms.